The van der Waals surface area contributed by atoms with Crippen LogP contribution in [-0.4, -0.2) is 19.4 Å². The Labute approximate surface area is 103 Å². The number of benzene rings is 1. The van der Waals surface area contributed by atoms with Crippen molar-refractivity contribution >= 4 is 0 Å². The van der Waals surface area contributed by atoms with E-state index in [0.717, 1.165) is 0 Å². The maximum Gasteiger partial charge on any atom is 0.411 e. The molecule has 102 valence electrons. The molecule has 0 aliphatic heterocycles. The second kappa shape index (κ2) is 6.15. The number of halogens is 4. The van der Waals surface area contributed by atoms with Gasteiger partial charge >= 0.3 is 6.18 Å². The van der Waals surface area contributed by atoms with Gasteiger partial charge in [-0.3, -0.25) is 0 Å². The number of ether oxygens (including phenoxy) is 1. The van der Waals surface area contributed by atoms with E-state index in [9.17, 15) is 17.6 Å². The van der Waals surface area contributed by atoms with Gasteiger partial charge in [-0.25, -0.2) is 4.39 Å². The fraction of sp³-hybridized carbons (Fsp3) is 0.500. The number of hydrogen-bond donors (Lipinski definition) is 1. The molecule has 6 heteroatoms. The van der Waals surface area contributed by atoms with E-state index in [1.165, 1.54) is 12.1 Å². The maximum atomic E-state index is 13.0. The summed E-state index contributed by atoms with van der Waals surface area (Å²) in [5.74, 6) is -0.334. The quantitative estimate of drug-likeness (QED) is 0.656. The highest BCUT2D eigenvalue weighted by Crippen LogP contribution is 2.19. The first kappa shape index (κ1) is 14.9. The second-order valence-corrected chi connectivity index (χ2v) is 4.07. The van der Waals surface area contributed by atoms with Crippen LogP contribution in [-0.2, 0) is 4.74 Å². The predicted octanol–water partition coefficient (Wildman–Crippen LogP) is 3.10. The molecule has 0 amide bonds. The molecule has 18 heavy (non-hydrogen) atoms. The molecule has 1 rings (SSSR count). The standard InChI is InChI=1S/C12H15F4NO/c1-8-6-9(2-3-10(8)13)11(17)4-5-18-7-12(14,15)16/h2-3,6,11H,4-5,7,17H2,1H3. The lowest BCUT2D eigenvalue weighted by molar-refractivity contribution is -0.174. The summed E-state index contributed by atoms with van der Waals surface area (Å²) in [5, 5.41) is 0. The average Bonchev–Trinajstić information content (AvgIpc) is 2.26. The predicted molar refractivity (Wildman–Crippen MR) is 59.6 cm³/mol. The summed E-state index contributed by atoms with van der Waals surface area (Å²) in [4.78, 5) is 0. The van der Waals surface area contributed by atoms with Gasteiger partial charge in [0.25, 0.3) is 0 Å². The molecule has 1 atom stereocenters. The third kappa shape index (κ3) is 5.01. The van der Waals surface area contributed by atoms with Crippen molar-refractivity contribution in [2.75, 3.05) is 13.2 Å². The Hall–Kier alpha value is -1.14. The van der Waals surface area contributed by atoms with Crippen molar-refractivity contribution in [3.8, 4) is 0 Å². The molecular formula is C12H15F4NO. The third-order valence-corrected chi connectivity index (χ3v) is 2.45. The molecule has 1 aromatic rings. The number of alkyl halides is 3. The lowest BCUT2D eigenvalue weighted by Crippen LogP contribution is -2.19. The molecule has 0 aliphatic rings. The maximum absolute atomic E-state index is 13.0. The molecule has 0 heterocycles. The highest BCUT2D eigenvalue weighted by molar-refractivity contribution is 5.26. The van der Waals surface area contributed by atoms with E-state index in [0.29, 0.717) is 11.1 Å². The van der Waals surface area contributed by atoms with E-state index in [-0.39, 0.29) is 18.8 Å². The minimum Gasteiger partial charge on any atom is -0.372 e. The van der Waals surface area contributed by atoms with Gasteiger partial charge < -0.3 is 10.5 Å². The smallest absolute Gasteiger partial charge is 0.372 e. The summed E-state index contributed by atoms with van der Waals surface area (Å²) in [6, 6.07) is 3.94. The molecule has 0 aliphatic carbocycles. The number of aryl methyl sites for hydroxylation is 1. The van der Waals surface area contributed by atoms with Gasteiger partial charge in [0.2, 0.25) is 0 Å². The van der Waals surface area contributed by atoms with E-state index in [4.69, 9.17) is 5.73 Å². The molecule has 2 N–H and O–H groups in total. The van der Waals surface area contributed by atoms with Gasteiger partial charge in [-0.2, -0.15) is 13.2 Å². The topological polar surface area (TPSA) is 35.2 Å². The van der Waals surface area contributed by atoms with Gasteiger partial charge in [0.15, 0.2) is 0 Å². The van der Waals surface area contributed by atoms with Crippen LogP contribution in [0.5, 0.6) is 0 Å². The molecule has 0 saturated heterocycles. The molecule has 0 spiro atoms. The molecule has 2 nitrogen and oxygen atoms in total. The Morgan fingerprint density at radius 3 is 2.56 bits per heavy atom. The van der Waals surface area contributed by atoms with Gasteiger partial charge in [-0.1, -0.05) is 12.1 Å². The van der Waals surface area contributed by atoms with Gasteiger partial charge in [0.1, 0.15) is 12.4 Å². The molecule has 1 aromatic carbocycles. The summed E-state index contributed by atoms with van der Waals surface area (Å²) >= 11 is 0. The lowest BCUT2D eigenvalue weighted by Gasteiger charge is -2.14. The number of nitrogens with two attached hydrogens (primary N) is 1. The number of hydrogen-bond acceptors (Lipinski definition) is 2. The van der Waals surface area contributed by atoms with Crippen molar-refractivity contribution in [3.05, 3.63) is 35.1 Å². The third-order valence-electron chi connectivity index (χ3n) is 2.45. The summed E-state index contributed by atoms with van der Waals surface area (Å²) in [5.41, 5.74) is 6.92. The molecule has 0 radical (unpaired) electrons. The molecule has 0 fully saturated rings. The zero-order valence-corrected chi connectivity index (χ0v) is 9.93. The minimum absolute atomic E-state index is 0.0862. The largest absolute Gasteiger partial charge is 0.411 e. The van der Waals surface area contributed by atoms with Crippen molar-refractivity contribution in [2.24, 2.45) is 5.73 Å². The first-order valence-electron chi connectivity index (χ1n) is 5.46. The van der Waals surface area contributed by atoms with Gasteiger partial charge in [0.05, 0.1) is 0 Å². The molecular weight excluding hydrogens is 250 g/mol. The molecule has 1 unspecified atom stereocenters. The average molecular weight is 265 g/mol. The minimum atomic E-state index is -4.32. The SMILES string of the molecule is Cc1cc(C(N)CCOCC(F)(F)F)ccc1F. The Kier molecular flexibility index (Phi) is 5.10. The number of rotatable bonds is 5. The van der Waals surface area contributed by atoms with Crippen LogP contribution in [0.25, 0.3) is 0 Å². The first-order valence-corrected chi connectivity index (χ1v) is 5.46. The van der Waals surface area contributed by atoms with E-state index in [1.807, 2.05) is 0 Å². The summed E-state index contributed by atoms with van der Waals surface area (Å²) in [6.45, 7) is 0.241. The summed E-state index contributed by atoms with van der Waals surface area (Å²) in [7, 11) is 0. The zero-order chi connectivity index (χ0) is 13.8. The summed E-state index contributed by atoms with van der Waals surface area (Å²) in [6.07, 6.45) is -4.07. The van der Waals surface area contributed by atoms with E-state index >= 15 is 0 Å². The van der Waals surface area contributed by atoms with Gasteiger partial charge in [-0.05, 0) is 30.5 Å². The Balaban J connectivity index is 2.41. The van der Waals surface area contributed by atoms with Crippen molar-refractivity contribution in [1.29, 1.82) is 0 Å². The normalized spacial score (nSPS) is 13.7. The second-order valence-electron chi connectivity index (χ2n) is 4.07. The van der Waals surface area contributed by atoms with E-state index in [1.54, 1.807) is 13.0 Å². The van der Waals surface area contributed by atoms with Crippen molar-refractivity contribution in [2.45, 2.75) is 25.6 Å². The highest BCUT2D eigenvalue weighted by atomic mass is 19.4. The van der Waals surface area contributed by atoms with E-state index < -0.39 is 18.8 Å². The van der Waals surface area contributed by atoms with Crippen LogP contribution >= 0.6 is 0 Å². The Morgan fingerprint density at radius 1 is 1.33 bits per heavy atom. The van der Waals surface area contributed by atoms with Crippen LogP contribution in [0.4, 0.5) is 17.6 Å². The fourth-order valence-electron chi connectivity index (χ4n) is 1.46. The summed E-state index contributed by atoms with van der Waals surface area (Å²) < 4.78 is 52.9. The van der Waals surface area contributed by atoms with Gasteiger partial charge in [0, 0.05) is 12.6 Å². The Bertz CT molecular complexity index is 392. The highest BCUT2D eigenvalue weighted by Gasteiger charge is 2.27. The Morgan fingerprint density at radius 2 is 2.00 bits per heavy atom. The van der Waals surface area contributed by atoms with Gasteiger partial charge in [-0.15, -0.1) is 0 Å². The molecule has 0 aromatic heterocycles. The van der Waals surface area contributed by atoms with Crippen molar-refractivity contribution < 1.29 is 22.3 Å². The van der Waals surface area contributed by atoms with Crippen LogP contribution in [0.1, 0.15) is 23.6 Å². The van der Waals surface area contributed by atoms with Crippen LogP contribution in [0.15, 0.2) is 18.2 Å². The molecule has 0 saturated carbocycles. The monoisotopic (exact) mass is 265 g/mol. The van der Waals surface area contributed by atoms with Crippen LogP contribution in [0.2, 0.25) is 0 Å². The van der Waals surface area contributed by atoms with Crippen LogP contribution < -0.4 is 5.73 Å². The van der Waals surface area contributed by atoms with E-state index in [2.05, 4.69) is 4.74 Å². The zero-order valence-electron chi connectivity index (χ0n) is 9.93. The fourth-order valence-corrected chi connectivity index (χ4v) is 1.46. The van der Waals surface area contributed by atoms with Crippen molar-refractivity contribution in [1.82, 2.24) is 0 Å². The molecule has 0 bridgehead atoms. The van der Waals surface area contributed by atoms with Crippen LogP contribution in [0, 0.1) is 12.7 Å². The van der Waals surface area contributed by atoms with Crippen LogP contribution in [0.3, 0.4) is 0 Å². The first-order chi connectivity index (χ1) is 8.29. The lowest BCUT2D eigenvalue weighted by atomic mass is 10.0. The van der Waals surface area contributed by atoms with Crippen molar-refractivity contribution in [3.63, 3.8) is 0 Å².